The summed E-state index contributed by atoms with van der Waals surface area (Å²) in [6.45, 7) is 1.97. The fraction of sp³-hybridized carbons (Fsp3) is 0.385. The third kappa shape index (κ3) is 5.24. The van der Waals surface area contributed by atoms with E-state index < -0.39 is 0 Å². The van der Waals surface area contributed by atoms with Gasteiger partial charge in [-0.05, 0) is 77.1 Å². The highest BCUT2D eigenvalue weighted by atomic mass is 16.2. The lowest BCUT2D eigenvalue weighted by molar-refractivity contribution is -0.120. The van der Waals surface area contributed by atoms with Gasteiger partial charge in [0.05, 0.1) is 34.2 Å². The molecule has 2 atom stereocenters. The number of H-pyrrole nitrogens is 2. The normalized spacial score (nSPS) is 20.4. The van der Waals surface area contributed by atoms with Crippen LogP contribution in [0.5, 0.6) is 0 Å². The van der Waals surface area contributed by atoms with Crippen molar-refractivity contribution >= 4 is 45.8 Å². The van der Waals surface area contributed by atoms with Gasteiger partial charge in [-0.25, -0.2) is 9.97 Å². The number of aromatic amines is 2. The highest BCUT2D eigenvalue weighted by molar-refractivity contribution is 5.95. The summed E-state index contributed by atoms with van der Waals surface area (Å²) in [6.07, 6.45) is 3.99. The summed E-state index contributed by atoms with van der Waals surface area (Å²) >= 11 is 0. The first-order valence-corrected chi connectivity index (χ1v) is 12.4. The van der Waals surface area contributed by atoms with Crippen molar-refractivity contribution in [2.75, 3.05) is 37.8 Å². The first kappa shape index (κ1) is 24.0. The zero-order valence-electron chi connectivity index (χ0n) is 20.6. The number of nitrogens with zero attached hydrogens (tertiary/aromatic N) is 4. The van der Waals surface area contributed by atoms with E-state index in [4.69, 9.17) is 0 Å². The molecule has 2 fully saturated rings. The number of imidazole rings is 2. The van der Waals surface area contributed by atoms with Crippen LogP contribution in [0.3, 0.4) is 0 Å². The maximum absolute atomic E-state index is 12.1. The average Bonchev–Trinajstić information content (AvgIpc) is 3.64. The molecule has 0 spiro atoms. The van der Waals surface area contributed by atoms with Crippen LogP contribution in [0.15, 0.2) is 48.5 Å². The lowest BCUT2D eigenvalue weighted by atomic mass is 10.2. The van der Waals surface area contributed by atoms with Gasteiger partial charge in [-0.1, -0.05) is 24.3 Å². The van der Waals surface area contributed by atoms with Gasteiger partial charge in [0.1, 0.15) is 0 Å². The third-order valence-corrected chi connectivity index (χ3v) is 6.91. The standard InChI is InChI=1S/2C13H16N4O/c2*1-17-8-4-7-11(17)12(18)16-13-14-9-5-2-3-6-10(9)15-13/h2*2-3,5-6,11H,4,7-8H2,1H3,(H2,14,15,16,18)/t2*11-/m00/s1. The molecule has 4 aromatic rings. The van der Waals surface area contributed by atoms with Crippen molar-refractivity contribution in [3.8, 4) is 0 Å². The van der Waals surface area contributed by atoms with Crippen molar-refractivity contribution in [1.29, 1.82) is 0 Å². The fourth-order valence-corrected chi connectivity index (χ4v) is 4.91. The van der Waals surface area contributed by atoms with Gasteiger partial charge in [-0.2, -0.15) is 0 Å². The molecule has 4 N–H and O–H groups in total. The van der Waals surface area contributed by atoms with E-state index in [1.165, 1.54) is 0 Å². The van der Waals surface area contributed by atoms with Crippen molar-refractivity contribution in [2.45, 2.75) is 37.8 Å². The number of anilines is 2. The van der Waals surface area contributed by atoms with E-state index in [-0.39, 0.29) is 23.9 Å². The minimum absolute atomic E-state index is 0.0223. The Bertz CT molecular complexity index is 1190. The predicted octanol–water partition coefficient (Wildman–Crippen LogP) is 3.19. The lowest BCUT2D eigenvalue weighted by Crippen LogP contribution is -2.37. The Morgan fingerprint density at radius 1 is 0.750 bits per heavy atom. The van der Waals surface area contributed by atoms with Crippen molar-refractivity contribution in [2.24, 2.45) is 0 Å². The molecule has 2 aromatic heterocycles. The van der Waals surface area contributed by atoms with Crippen LogP contribution >= 0.6 is 0 Å². The number of para-hydroxylation sites is 4. The van der Waals surface area contributed by atoms with E-state index in [0.29, 0.717) is 11.9 Å². The van der Waals surface area contributed by atoms with Gasteiger partial charge in [0.15, 0.2) is 0 Å². The quantitative estimate of drug-likeness (QED) is 0.350. The minimum atomic E-state index is -0.0294. The molecule has 0 aliphatic carbocycles. The number of likely N-dealkylation sites (tertiary alicyclic amines) is 2. The molecular formula is C26H32N8O2. The maximum atomic E-state index is 12.1. The number of aromatic nitrogens is 4. The minimum Gasteiger partial charge on any atom is -0.324 e. The van der Waals surface area contributed by atoms with Gasteiger partial charge < -0.3 is 9.97 Å². The molecule has 2 aromatic carbocycles. The van der Waals surface area contributed by atoms with Crippen molar-refractivity contribution in [3.05, 3.63) is 48.5 Å². The number of amides is 2. The summed E-state index contributed by atoms with van der Waals surface area (Å²) in [4.78, 5) is 43.2. The molecule has 4 heterocycles. The number of rotatable bonds is 4. The van der Waals surface area contributed by atoms with Crippen LogP contribution in [0, 0.1) is 0 Å². The number of hydrogen-bond acceptors (Lipinski definition) is 6. The zero-order chi connectivity index (χ0) is 25.1. The van der Waals surface area contributed by atoms with Gasteiger partial charge in [0.2, 0.25) is 23.7 Å². The van der Waals surface area contributed by atoms with Crippen LogP contribution in [0.25, 0.3) is 22.1 Å². The number of carbonyl (C=O) groups is 2. The maximum Gasteiger partial charge on any atom is 0.244 e. The van der Waals surface area contributed by atoms with Crippen molar-refractivity contribution < 1.29 is 9.59 Å². The number of carbonyl (C=O) groups excluding carboxylic acids is 2. The molecule has 0 unspecified atom stereocenters. The number of hydrogen-bond donors (Lipinski definition) is 4. The number of fused-ring (bicyclic) bond motifs is 2. The third-order valence-electron chi connectivity index (χ3n) is 6.91. The van der Waals surface area contributed by atoms with Gasteiger partial charge >= 0.3 is 0 Å². The molecule has 0 bridgehead atoms. The summed E-state index contributed by atoms with van der Waals surface area (Å²) in [5.74, 6) is 1.10. The molecule has 0 saturated carbocycles. The topological polar surface area (TPSA) is 122 Å². The molecule has 188 valence electrons. The van der Waals surface area contributed by atoms with Crippen LogP contribution < -0.4 is 10.6 Å². The Labute approximate surface area is 209 Å². The van der Waals surface area contributed by atoms with E-state index in [1.807, 2.05) is 62.6 Å². The molecule has 6 rings (SSSR count). The van der Waals surface area contributed by atoms with E-state index in [9.17, 15) is 9.59 Å². The summed E-state index contributed by atoms with van der Waals surface area (Å²) in [7, 11) is 3.96. The summed E-state index contributed by atoms with van der Waals surface area (Å²) in [5.41, 5.74) is 3.61. The first-order valence-electron chi connectivity index (χ1n) is 12.4. The summed E-state index contributed by atoms with van der Waals surface area (Å²) in [6, 6.07) is 15.4. The van der Waals surface area contributed by atoms with Crippen LogP contribution in [-0.4, -0.2) is 80.8 Å². The van der Waals surface area contributed by atoms with E-state index >= 15 is 0 Å². The van der Waals surface area contributed by atoms with Crippen LogP contribution in [0.1, 0.15) is 25.7 Å². The van der Waals surface area contributed by atoms with Crippen LogP contribution in [0.4, 0.5) is 11.9 Å². The molecule has 2 aliphatic heterocycles. The number of likely N-dealkylation sites (N-methyl/N-ethyl adjacent to an activating group) is 2. The van der Waals surface area contributed by atoms with Crippen LogP contribution in [-0.2, 0) is 9.59 Å². The Morgan fingerprint density at radius 3 is 1.53 bits per heavy atom. The first-order chi connectivity index (χ1) is 17.5. The van der Waals surface area contributed by atoms with Gasteiger partial charge in [0, 0.05) is 0 Å². The highest BCUT2D eigenvalue weighted by Gasteiger charge is 2.29. The average molecular weight is 489 g/mol. The predicted molar refractivity (Wildman–Crippen MR) is 141 cm³/mol. The van der Waals surface area contributed by atoms with Gasteiger partial charge in [-0.15, -0.1) is 0 Å². The molecule has 10 heteroatoms. The second-order valence-corrected chi connectivity index (χ2v) is 9.46. The second kappa shape index (κ2) is 10.5. The Morgan fingerprint density at radius 2 is 1.17 bits per heavy atom. The summed E-state index contributed by atoms with van der Waals surface area (Å²) in [5, 5.41) is 5.71. The SMILES string of the molecule is CN1CCC[C@H]1C(=O)Nc1nc2ccccc2[nH]1.CN1CCC[C@H]1C(=O)Nc1nc2ccccc2[nH]1. The van der Waals surface area contributed by atoms with E-state index in [1.54, 1.807) is 0 Å². The summed E-state index contributed by atoms with van der Waals surface area (Å²) < 4.78 is 0. The van der Waals surface area contributed by atoms with Gasteiger partial charge in [-0.3, -0.25) is 30.0 Å². The molecule has 0 radical (unpaired) electrons. The largest absolute Gasteiger partial charge is 0.324 e. The molecular weight excluding hydrogens is 456 g/mol. The van der Waals surface area contributed by atoms with Crippen LogP contribution in [0.2, 0.25) is 0 Å². The van der Waals surface area contributed by atoms with Crippen molar-refractivity contribution in [1.82, 2.24) is 29.7 Å². The fourth-order valence-electron chi connectivity index (χ4n) is 4.91. The molecule has 2 amide bonds. The number of nitrogens with one attached hydrogen (secondary N) is 4. The second-order valence-electron chi connectivity index (χ2n) is 9.46. The number of benzene rings is 2. The zero-order valence-corrected chi connectivity index (χ0v) is 20.6. The van der Waals surface area contributed by atoms with E-state index in [2.05, 4.69) is 40.4 Å². The van der Waals surface area contributed by atoms with Crippen molar-refractivity contribution in [3.63, 3.8) is 0 Å². The Kier molecular flexibility index (Phi) is 6.97. The lowest BCUT2D eigenvalue weighted by Gasteiger charge is -2.17. The molecule has 10 nitrogen and oxygen atoms in total. The smallest absolute Gasteiger partial charge is 0.244 e. The van der Waals surface area contributed by atoms with Gasteiger partial charge in [0.25, 0.3) is 0 Å². The molecule has 2 saturated heterocycles. The highest BCUT2D eigenvalue weighted by Crippen LogP contribution is 2.19. The Hall–Kier alpha value is -3.76. The van der Waals surface area contributed by atoms with E-state index in [0.717, 1.165) is 60.8 Å². The Balaban J connectivity index is 0.000000148. The monoisotopic (exact) mass is 488 g/mol. The molecule has 36 heavy (non-hydrogen) atoms. The molecule has 2 aliphatic rings.